The summed E-state index contributed by atoms with van der Waals surface area (Å²) in [7, 11) is 0. The monoisotopic (exact) mass is 292 g/mol. The molecule has 1 aromatic rings. The molecule has 118 valence electrons. The third kappa shape index (κ3) is 4.79. The molecule has 1 fully saturated rings. The summed E-state index contributed by atoms with van der Waals surface area (Å²) < 4.78 is 13.9. The predicted octanol–water partition coefficient (Wildman–Crippen LogP) is 3.81. The molecule has 1 saturated heterocycles. The molecule has 1 aliphatic heterocycles. The van der Waals surface area contributed by atoms with Crippen LogP contribution < -0.4 is 5.32 Å². The number of nitrogens with zero attached hydrogens (tertiary/aromatic N) is 1. The topological polar surface area (TPSA) is 15.3 Å². The molecular formula is C18H29FN2. The lowest BCUT2D eigenvalue weighted by Gasteiger charge is -2.41. The van der Waals surface area contributed by atoms with Gasteiger partial charge in [0.1, 0.15) is 5.82 Å². The van der Waals surface area contributed by atoms with E-state index in [2.05, 4.69) is 31.0 Å². The van der Waals surface area contributed by atoms with Crippen molar-refractivity contribution in [2.45, 2.75) is 58.7 Å². The number of halogens is 1. The highest BCUT2D eigenvalue weighted by molar-refractivity contribution is 5.17. The molecule has 2 nitrogen and oxygen atoms in total. The van der Waals surface area contributed by atoms with Crippen LogP contribution in [0.1, 0.15) is 45.6 Å². The summed E-state index contributed by atoms with van der Waals surface area (Å²) in [6, 6.07) is 8.24. The van der Waals surface area contributed by atoms with Crippen LogP contribution in [-0.2, 0) is 6.54 Å². The fourth-order valence-corrected chi connectivity index (χ4v) is 3.29. The number of nitrogens with one attached hydrogen (secondary N) is 1. The zero-order valence-electron chi connectivity index (χ0n) is 13.6. The van der Waals surface area contributed by atoms with Gasteiger partial charge in [-0.05, 0) is 24.8 Å². The van der Waals surface area contributed by atoms with Crippen LogP contribution in [0.15, 0.2) is 24.3 Å². The molecule has 21 heavy (non-hydrogen) atoms. The van der Waals surface area contributed by atoms with Crippen LogP contribution in [0.4, 0.5) is 4.39 Å². The summed E-state index contributed by atoms with van der Waals surface area (Å²) >= 11 is 0. The minimum Gasteiger partial charge on any atom is -0.311 e. The summed E-state index contributed by atoms with van der Waals surface area (Å²) in [6.45, 7) is 9.53. The van der Waals surface area contributed by atoms with Gasteiger partial charge in [0.2, 0.25) is 0 Å². The molecule has 2 atom stereocenters. The third-order valence-corrected chi connectivity index (χ3v) is 4.33. The van der Waals surface area contributed by atoms with Crippen LogP contribution in [-0.4, -0.2) is 30.1 Å². The van der Waals surface area contributed by atoms with E-state index in [1.807, 2.05) is 12.1 Å². The Bertz CT molecular complexity index is 433. The SMILES string of the molecule is CCCC1CN(Cc2ccccc2F)C(CC(C)C)CN1. The van der Waals surface area contributed by atoms with Gasteiger partial charge >= 0.3 is 0 Å². The predicted molar refractivity (Wildman–Crippen MR) is 86.8 cm³/mol. The number of hydrogen-bond acceptors (Lipinski definition) is 2. The highest BCUT2D eigenvalue weighted by Crippen LogP contribution is 2.20. The quantitative estimate of drug-likeness (QED) is 0.857. The highest BCUT2D eigenvalue weighted by atomic mass is 19.1. The molecule has 0 spiro atoms. The second kappa shape index (κ2) is 7.90. The van der Waals surface area contributed by atoms with Crippen molar-refractivity contribution in [1.82, 2.24) is 10.2 Å². The molecule has 1 heterocycles. The van der Waals surface area contributed by atoms with Gasteiger partial charge in [-0.3, -0.25) is 4.90 Å². The van der Waals surface area contributed by atoms with Crippen molar-refractivity contribution in [2.75, 3.05) is 13.1 Å². The van der Waals surface area contributed by atoms with E-state index in [1.54, 1.807) is 12.1 Å². The standard InChI is InChI=1S/C18H29FN2/c1-4-7-16-13-21(17(11-20-16)10-14(2)3)12-15-8-5-6-9-18(15)19/h5-6,8-9,14,16-17,20H,4,7,10-13H2,1-3H3. The largest absolute Gasteiger partial charge is 0.311 e. The molecule has 1 N–H and O–H groups in total. The van der Waals surface area contributed by atoms with Gasteiger partial charge in [0, 0.05) is 37.3 Å². The minimum atomic E-state index is -0.0774. The van der Waals surface area contributed by atoms with Crippen LogP contribution in [0.3, 0.4) is 0 Å². The summed E-state index contributed by atoms with van der Waals surface area (Å²) in [6.07, 6.45) is 3.56. The summed E-state index contributed by atoms with van der Waals surface area (Å²) in [5.74, 6) is 0.592. The molecule has 0 saturated carbocycles. The van der Waals surface area contributed by atoms with Crippen molar-refractivity contribution in [2.24, 2.45) is 5.92 Å². The van der Waals surface area contributed by atoms with Crippen molar-refractivity contribution in [3.8, 4) is 0 Å². The van der Waals surface area contributed by atoms with E-state index in [-0.39, 0.29) is 5.82 Å². The molecule has 2 unspecified atom stereocenters. The average molecular weight is 292 g/mol. The second-order valence-electron chi connectivity index (χ2n) is 6.70. The lowest BCUT2D eigenvalue weighted by atomic mass is 9.97. The molecule has 0 amide bonds. The van der Waals surface area contributed by atoms with Crippen molar-refractivity contribution < 1.29 is 4.39 Å². The van der Waals surface area contributed by atoms with Gasteiger partial charge in [0.25, 0.3) is 0 Å². The van der Waals surface area contributed by atoms with Crippen LogP contribution in [0.5, 0.6) is 0 Å². The van der Waals surface area contributed by atoms with E-state index in [1.165, 1.54) is 19.3 Å². The van der Waals surface area contributed by atoms with Crippen LogP contribution in [0.2, 0.25) is 0 Å². The molecule has 0 radical (unpaired) electrons. The van der Waals surface area contributed by atoms with Gasteiger partial charge in [-0.1, -0.05) is 45.4 Å². The number of piperazine rings is 1. The zero-order valence-corrected chi connectivity index (χ0v) is 13.6. The molecule has 0 aromatic heterocycles. The van der Waals surface area contributed by atoms with Crippen molar-refractivity contribution in [1.29, 1.82) is 0 Å². The summed E-state index contributed by atoms with van der Waals surface area (Å²) in [5.41, 5.74) is 0.823. The van der Waals surface area contributed by atoms with Crippen LogP contribution in [0.25, 0.3) is 0 Å². The molecule has 3 heteroatoms. The fraction of sp³-hybridized carbons (Fsp3) is 0.667. The Morgan fingerprint density at radius 1 is 1.33 bits per heavy atom. The average Bonchev–Trinajstić information content (AvgIpc) is 2.44. The fourth-order valence-electron chi connectivity index (χ4n) is 3.29. The Balaban J connectivity index is 2.07. The maximum Gasteiger partial charge on any atom is 0.127 e. The number of rotatable bonds is 6. The first-order valence-corrected chi connectivity index (χ1v) is 8.31. The molecule has 0 aliphatic carbocycles. The van der Waals surface area contributed by atoms with E-state index in [0.717, 1.165) is 25.2 Å². The maximum atomic E-state index is 13.9. The minimum absolute atomic E-state index is 0.0774. The second-order valence-corrected chi connectivity index (χ2v) is 6.70. The molecule has 1 aliphatic rings. The maximum absolute atomic E-state index is 13.9. The highest BCUT2D eigenvalue weighted by Gasteiger charge is 2.28. The Morgan fingerprint density at radius 3 is 2.76 bits per heavy atom. The molecule has 1 aromatic carbocycles. The summed E-state index contributed by atoms with van der Waals surface area (Å²) in [4.78, 5) is 2.48. The Kier molecular flexibility index (Phi) is 6.19. The van der Waals surface area contributed by atoms with Crippen molar-refractivity contribution in [3.63, 3.8) is 0 Å². The number of benzene rings is 1. The van der Waals surface area contributed by atoms with Crippen LogP contribution >= 0.6 is 0 Å². The van der Waals surface area contributed by atoms with Gasteiger partial charge in [-0.25, -0.2) is 4.39 Å². The first kappa shape index (κ1) is 16.4. The Labute approximate surface area is 128 Å². The van der Waals surface area contributed by atoms with E-state index in [4.69, 9.17) is 0 Å². The number of hydrogen-bond donors (Lipinski definition) is 1. The van der Waals surface area contributed by atoms with Crippen LogP contribution in [0, 0.1) is 11.7 Å². The van der Waals surface area contributed by atoms with Gasteiger partial charge in [0.05, 0.1) is 0 Å². The smallest absolute Gasteiger partial charge is 0.127 e. The van der Waals surface area contributed by atoms with Crippen molar-refractivity contribution in [3.05, 3.63) is 35.6 Å². The van der Waals surface area contributed by atoms with E-state index in [0.29, 0.717) is 18.0 Å². The molecular weight excluding hydrogens is 263 g/mol. The lowest BCUT2D eigenvalue weighted by Crippen LogP contribution is -2.56. The summed E-state index contributed by atoms with van der Waals surface area (Å²) in [5, 5.41) is 3.67. The Hall–Kier alpha value is -0.930. The first-order chi connectivity index (χ1) is 10.1. The van der Waals surface area contributed by atoms with E-state index in [9.17, 15) is 4.39 Å². The van der Waals surface area contributed by atoms with Gasteiger partial charge < -0.3 is 5.32 Å². The van der Waals surface area contributed by atoms with E-state index >= 15 is 0 Å². The van der Waals surface area contributed by atoms with Gasteiger partial charge in [-0.15, -0.1) is 0 Å². The normalized spacial score (nSPS) is 23.7. The third-order valence-electron chi connectivity index (χ3n) is 4.33. The molecule has 2 rings (SSSR count). The Morgan fingerprint density at radius 2 is 2.10 bits per heavy atom. The lowest BCUT2D eigenvalue weighted by molar-refractivity contribution is 0.102. The molecule has 0 bridgehead atoms. The van der Waals surface area contributed by atoms with Gasteiger partial charge in [0.15, 0.2) is 0 Å². The van der Waals surface area contributed by atoms with Gasteiger partial charge in [-0.2, -0.15) is 0 Å². The van der Waals surface area contributed by atoms with E-state index < -0.39 is 0 Å². The van der Waals surface area contributed by atoms with Crippen molar-refractivity contribution >= 4 is 0 Å². The zero-order chi connectivity index (χ0) is 15.2. The first-order valence-electron chi connectivity index (χ1n) is 8.31.